The van der Waals surface area contributed by atoms with Crippen LogP contribution in [0.5, 0.6) is 0 Å². The second-order valence-electron chi connectivity index (χ2n) is 2.98. The molecule has 0 aromatic rings. The minimum Gasteiger partial charge on any atom is -0.489 e. The summed E-state index contributed by atoms with van der Waals surface area (Å²) < 4.78 is 9.38. The van der Waals surface area contributed by atoms with Gasteiger partial charge >= 0.3 is 5.97 Å². The molecule has 15 heavy (non-hydrogen) atoms. The van der Waals surface area contributed by atoms with E-state index in [9.17, 15) is 14.4 Å². The second kappa shape index (κ2) is 4.08. The molecule has 1 aliphatic carbocycles. The maximum atomic E-state index is 11.5. The van der Waals surface area contributed by atoms with Gasteiger partial charge in [0, 0.05) is 12.5 Å². The molecule has 1 rings (SSSR count). The monoisotopic (exact) mass is 210 g/mol. The lowest BCUT2D eigenvalue weighted by Gasteiger charge is -2.14. The number of Topliss-reactive ketones (excluding diaryl/α,β-unsaturated/α-hetero) is 1. The van der Waals surface area contributed by atoms with Crippen LogP contribution in [0.15, 0.2) is 23.2 Å². The summed E-state index contributed by atoms with van der Waals surface area (Å²) in [6.45, 7) is 2.63. The molecular formula is C10H10O5. The average molecular weight is 210 g/mol. The minimum atomic E-state index is -0.673. The van der Waals surface area contributed by atoms with Gasteiger partial charge in [0.05, 0.1) is 7.11 Å². The second-order valence-corrected chi connectivity index (χ2v) is 2.98. The summed E-state index contributed by atoms with van der Waals surface area (Å²) in [4.78, 5) is 33.6. The molecule has 0 aromatic heterocycles. The van der Waals surface area contributed by atoms with Crippen LogP contribution < -0.4 is 0 Å². The van der Waals surface area contributed by atoms with Gasteiger partial charge in [-0.05, 0) is 13.0 Å². The molecule has 0 atom stereocenters. The Bertz CT molecular complexity index is 400. The Morgan fingerprint density at radius 3 is 2.33 bits per heavy atom. The number of allylic oxidation sites excluding steroid dienone is 2. The third-order valence-corrected chi connectivity index (χ3v) is 1.79. The Balaban J connectivity index is 3.17. The molecular weight excluding hydrogens is 200 g/mol. The fourth-order valence-corrected chi connectivity index (χ4v) is 1.15. The van der Waals surface area contributed by atoms with Crippen LogP contribution >= 0.6 is 0 Å². The van der Waals surface area contributed by atoms with Crippen molar-refractivity contribution in [2.75, 3.05) is 7.11 Å². The number of carbonyl (C=O) groups is 3. The normalized spacial score (nSPS) is 16.3. The van der Waals surface area contributed by atoms with Gasteiger partial charge < -0.3 is 9.47 Å². The fourth-order valence-electron chi connectivity index (χ4n) is 1.15. The minimum absolute atomic E-state index is 0.227. The van der Waals surface area contributed by atoms with E-state index in [1.807, 2.05) is 0 Å². The SMILES string of the molecule is COC1=C(OC(C)=O)C(=O)C=C(C)C1=O. The summed E-state index contributed by atoms with van der Waals surface area (Å²) in [5.41, 5.74) is 0.257. The Labute approximate surface area is 86.4 Å². The molecule has 0 amide bonds. The number of hydrogen-bond donors (Lipinski definition) is 0. The summed E-state index contributed by atoms with van der Waals surface area (Å²) >= 11 is 0. The Morgan fingerprint density at radius 1 is 1.27 bits per heavy atom. The first-order valence-corrected chi connectivity index (χ1v) is 4.21. The average Bonchev–Trinajstić information content (AvgIpc) is 2.14. The van der Waals surface area contributed by atoms with E-state index >= 15 is 0 Å². The molecule has 0 saturated heterocycles. The van der Waals surface area contributed by atoms with Crippen molar-refractivity contribution in [3.8, 4) is 0 Å². The number of ketones is 2. The lowest BCUT2D eigenvalue weighted by atomic mass is 10.0. The van der Waals surface area contributed by atoms with Gasteiger partial charge in [-0.15, -0.1) is 0 Å². The summed E-state index contributed by atoms with van der Waals surface area (Å²) in [5.74, 6) is -2.24. The van der Waals surface area contributed by atoms with Crippen molar-refractivity contribution >= 4 is 17.5 Å². The number of ether oxygens (including phenoxy) is 2. The summed E-state index contributed by atoms with van der Waals surface area (Å²) in [6, 6.07) is 0. The van der Waals surface area contributed by atoms with Gasteiger partial charge in [-0.1, -0.05) is 0 Å². The zero-order chi connectivity index (χ0) is 11.6. The summed E-state index contributed by atoms with van der Waals surface area (Å²) in [6.07, 6.45) is 1.11. The number of esters is 1. The molecule has 0 aliphatic heterocycles. The third kappa shape index (κ3) is 2.12. The molecule has 0 bridgehead atoms. The largest absolute Gasteiger partial charge is 0.489 e. The predicted molar refractivity (Wildman–Crippen MR) is 49.6 cm³/mol. The first-order valence-electron chi connectivity index (χ1n) is 4.21. The highest BCUT2D eigenvalue weighted by Crippen LogP contribution is 2.20. The number of rotatable bonds is 2. The smallest absolute Gasteiger partial charge is 0.308 e. The maximum Gasteiger partial charge on any atom is 0.308 e. The Hall–Kier alpha value is -1.91. The van der Waals surface area contributed by atoms with Crippen LogP contribution in [0.1, 0.15) is 13.8 Å². The highest BCUT2D eigenvalue weighted by molar-refractivity contribution is 6.21. The lowest BCUT2D eigenvalue weighted by molar-refractivity contribution is -0.140. The van der Waals surface area contributed by atoms with E-state index in [0.717, 1.165) is 13.0 Å². The lowest BCUT2D eigenvalue weighted by Crippen LogP contribution is -2.22. The van der Waals surface area contributed by atoms with Crippen molar-refractivity contribution in [1.29, 1.82) is 0 Å². The van der Waals surface area contributed by atoms with Crippen LogP contribution in [-0.4, -0.2) is 24.6 Å². The van der Waals surface area contributed by atoms with Crippen LogP contribution in [-0.2, 0) is 23.9 Å². The number of hydrogen-bond acceptors (Lipinski definition) is 5. The zero-order valence-corrected chi connectivity index (χ0v) is 8.62. The van der Waals surface area contributed by atoms with Gasteiger partial charge in [0.2, 0.25) is 23.1 Å². The van der Waals surface area contributed by atoms with Crippen molar-refractivity contribution in [2.24, 2.45) is 0 Å². The van der Waals surface area contributed by atoms with Gasteiger partial charge in [-0.25, -0.2) is 0 Å². The molecule has 80 valence electrons. The van der Waals surface area contributed by atoms with E-state index in [4.69, 9.17) is 4.74 Å². The van der Waals surface area contributed by atoms with E-state index in [2.05, 4.69) is 4.74 Å². The first-order chi connectivity index (χ1) is 6.97. The van der Waals surface area contributed by atoms with Gasteiger partial charge in [0.1, 0.15) is 0 Å². The predicted octanol–water partition coefficient (Wildman–Crippen LogP) is 0.506. The zero-order valence-electron chi connectivity index (χ0n) is 8.62. The van der Waals surface area contributed by atoms with Gasteiger partial charge in [0.15, 0.2) is 0 Å². The maximum absolute atomic E-state index is 11.5. The summed E-state index contributed by atoms with van der Waals surface area (Å²) in [5, 5.41) is 0. The van der Waals surface area contributed by atoms with Crippen LogP contribution in [0.25, 0.3) is 0 Å². The van der Waals surface area contributed by atoms with E-state index in [1.54, 1.807) is 0 Å². The van der Waals surface area contributed by atoms with E-state index in [1.165, 1.54) is 14.0 Å². The third-order valence-electron chi connectivity index (χ3n) is 1.79. The first kappa shape index (κ1) is 11.2. The van der Waals surface area contributed by atoms with Crippen molar-refractivity contribution in [3.05, 3.63) is 23.2 Å². The molecule has 0 unspecified atom stereocenters. The number of methoxy groups -OCH3 is 1. The fraction of sp³-hybridized carbons (Fsp3) is 0.300. The molecule has 0 fully saturated rings. The van der Waals surface area contributed by atoms with Gasteiger partial charge in [-0.3, -0.25) is 14.4 Å². The molecule has 5 nitrogen and oxygen atoms in total. The quantitative estimate of drug-likeness (QED) is 0.490. The molecule has 0 N–H and O–H groups in total. The Kier molecular flexibility index (Phi) is 3.04. The van der Waals surface area contributed by atoms with Crippen molar-refractivity contribution in [2.45, 2.75) is 13.8 Å². The van der Waals surface area contributed by atoms with E-state index in [0.29, 0.717) is 0 Å². The summed E-state index contributed by atoms with van der Waals surface area (Å²) in [7, 11) is 1.24. The van der Waals surface area contributed by atoms with E-state index in [-0.39, 0.29) is 17.1 Å². The molecule has 0 heterocycles. The van der Waals surface area contributed by atoms with Gasteiger partial charge in [-0.2, -0.15) is 0 Å². The molecule has 5 heteroatoms. The molecule has 0 spiro atoms. The highest BCUT2D eigenvalue weighted by atomic mass is 16.6. The topological polar surface area (TPSA) is 69.7 Å². The van der Waals surface area contributed by atoms with Crippen LogP contribution in [0, 0.1) is 0 Å². The van der Waals surface area contributed by atoms with Crippen molar-refractivity contribution < 1.29 is 23.9 Å². The molecule has 0 aromatic carbocycles. The van der Waals surface area contributed by atoms with Crippen LogP contribution in [0.2, 0.25) is 0 Å². The molecule has 1 aliphatic rings. The van der Waals surface area contributed by atoms with Crippen LogP contribution in [0.3, 0.4) is 0 Å². The van der Waals surface area contributed by atoms with Crippen LogP contribution in [0.4, 0.5) is 0 Å². The standard InChI is InChI=1S/C10H10O5/c1-5-4-7(12)9(15-6(2)11)10(14-3)8(5)13/h4H,1-3H3. The van der Waals surface area contributed by atoms with Gasteiger partial charge in [0.25, 0.3) is 0 Å². The highest BCUT2D eigenvalue weighted by Gasteiger charge is 2.29. The molecule has 0 saturated carbocycles. The Morgan fingerprint density at radius 2 is 1.87 bits per heavy atom. The van der Waals surface area contributed by atoms with Crippen molar-refractivity contribution in [3.63, 3.8) is 0 Å². The molecule has 0 radical (unpaired) electrons. The number of carbonyl (C=O) groups excluding carboxylic acids is 3. The van der Waals surface area contributed by atoms with E-state index < -0.39 is 17.5 Å². The van der Waals surface area contributed by atoms with Crippen molar-refractivity contribution in [1.82, 2.24) is 0 Å².